The summed E-state index contributed by atoms with van der Waals surface area (Å²) in [7, 11) is 0. The van der Waals surface area contributed by atoms with Gasteiger partial charge in [0.1, 0.15) is 16.7 Å². The van der Waals surface area contributed by atoms with Crippen LogP contribution in [0, 0.1) is 20.8 Å². The molecular weight excluding hydrogens is 1010 g/mol. The van der Waals surface area contributed by atoms with E-state index in [-0.39, 0.29) is 0 Å². The number of fused-ring (bicyclic) bond motifs is 18. The van der Waals surface area contributed by atoms with Crippen LogP contribution < -0.4 is 0 Å². The Labute approximate surface area is 469 Å². The monoisotopic (exact) mass is 1060 g/mol. The number of nitrogens with zero attached hydrogens (tertiary/aromatic N) is 3. The van der Waals surface area contributed by atoms with Crippen LogP contribution >= 0.6 is 11.3 Å². The molecule has 0 bridgehead atoms. The van der Waals surface area contributed by atoms with Crippen LogP contribution in [0.25, 0.3) is 147 Å². The van der Waals surface area contributed by atoms with E-state index in [1.807, 2.05) is 35.6 Å². The van der Waals surface area contributed by atoms with Crippen LogP contribution in [0.5, 0.6) is 0 Å². The third-order valence-electron chi connectivity index (χ3n) is 16.3. The zero-order chi connectivity index (χ0) is 53.9. The summed E-state index contributed by atoms with van der Waals surface area (Å²) in [5.74, 6) is 0. The van der Waals surface area contributed by atoms with E-state index in [9.17, 15) is 0 Å². The van der Waals surface area contributed by atoms with Crippen LogP contribution in [0.4, 0.5) is 0 Å². The molecule has 6 aromatic heterocycles. The fourth-order valence-electron chi connectivity index (χ4n) is 12.7. The highest BCUT2D eigenvalue weighted by molar-refractivity contribution is 7.25. The molecule has 0 spiro atoms. The van der Waals surface area contributed by atoms with E-state index in [1.165, 1.54) is 108 Å². The number of furan rings is 2. The van der Waals surface area contributed by atoms with Crippen molar-refractivity contribution in [3.63, 3.8) is 0 Å². The smallest absolute Gasteiger partial charge is 0.159 e. The molecule has 81 heavy (non-hydrogen) atoms. The van der Waals surface area contributed by atoms with Crippen LogP contribution in [-0.4, -0.2) is 13.7 Å². The minimum Gasteiger partial charge on any atom is -0.456 e. The van der Waals surface area contributed by atoms with E-state index in [0.717, 1.165) is 55.3 Å². The van der Waals surface area contributed by atoms with Gasteiger partial charge in [-0.05, 0) is 136 Å². The van der Waals surface area contributed by atoms with E-state index in [4.69, 9.17) is 8.83 Å². The maximum atomic E-state index is 6.31. The number of rotatable bonds is 3. The first-order valence-corrected chi connectivity index (χ1v) is 28.5. The van der Waals surface area contributed by atoms with Crippen molar-refractivity contribution < 1.29 is 8.83 Å². The van der Waals surface area contributed by atoms with Gasteiger partial charge in [0.05, 0.1) is 38.8 Å². The van der Waals surface area contributed by atoms with Crippen molar-refractivity contribution in [3.05, 3.63) is 271 Å². The molecule has 0 saturated heterocycles. The van der Waals surface area contributed by atoms with Crippen LogP contribution in [0.15, 0.2) is 264 Å². The summed E-state index contributed by atoms with van der Waals surface area (Å²) in [6.45, 7) is 6.45. The molecule has 0 aliphatic heterocycles. The first-order chi connectivity index (χ1) is 39.9. The second kappa shape index (κ2) is 18.5. The standard InChI is InChI=1S/2C25H17NO.C25H17NS/c1-16-13-14-22-20(15-16)17-7-2-4-10-21(17)26(22)23-11-6-9-19-18-8-3-5-12-24(18)27-25(19)23;2*1-16-10-12-23-20(14-16)18-6-2-4-8-22(18)26(23)17-11-13-25-21(15-17)19-7-3-5-9-24(19)27-25/h3*2-15H,1H3. The van der Waals surface area contributed by atoms with Crippen molar-refractivity contribution in [1.82, 2.24) is 13.7 Å². The van der Waals surface area contributed by atoms with Gasteiger partial charge in [0.2, 0.25) is 0 Å². The second-order valence-corrected chi connectivity index (χ2v) is 22.5. The van der Waals surface area contributed by atoms with E-state index < -0.39 is 0 Å². The number of hydrogen-bond donors (Lipinski definition) is 0. The molecule has 0 atom stereocenters. The second-order valence-electron chi connectivity index (χ2n) is 21.4. The molecule has 0 aliphatic carbocycles. The molecule has 18 aromatic rings. The van der Waals surface area contributed by atoms with Gasteiger partial charge in [-0.2, -0.15) is 0 Å². The van der Waals surface area contributed by atoms with Gasteiger partial charge in [-0.3, -0.25) is 0 Å². The zero-order valence-electron chi connectivity index (χ0n) is 44.8. The topological polar surface area (TPSA) is 41.1 Å². The summed E-state index contributed by atoms with van der Waals surface area (Å²) in [5.41, 5.74) is 18.4. The number of benzene rings is 12. The zero-order valence-corrected chi connectivity index (χ0v) is 45.6. The third-order valence-corrected chi connectivity index (χ3v) is 17.5. The summed E-state index contributed by atoms with van der Waals surface area (Å²) in [5, 5.41) is 15.1. The Balaban J connectivity index is 0.000000100. The lowest BCUT2D eigenvalue weighted by Gasteiger charge is -2.08. The predicted molar refractivity (Wildman–Crippen MR) is 344 cm³/mol. The maximum Gasteiger partial charge on any atom is 0.159 e. The van der Waals surface area contributed by atoms with E-state index in [1.54, 1.807) is 0 Å². The lowest BCUT2D eigenvalue weighted by atomic mass is 10.1. The molecular formula is C75H51N3O2S. The minimum absolute atomic E-state index is 0.927. The van der Waals surface area contributed by atoms with Crippen molar-refractivity contribution in [2.75, 3.05) is 0 Å². The highest BCUT2D eigenvalue weighted by Crippen LogP contribution is 2.41. The normalized spacial score (nSPS) is 11.9. The number of aryl methyl sites for hydroxylation is 3. The van der Waals surface area contributed by atoms with Gasteiger partial charge < -0.3 is 22.5 Å². The van der Waals surface area contributed by atoms with Crippen molar-refractivity contribution in [2.24, 2.45) is 0 Å². The van der Waals surface area contributed by atoms with Gasteiger partial charge in [-0.1, -0.05) is 156 Å². The van der Waals surface area contributed by atoms with Crippen LogP contribution in [-0.2, 0) is 0 Å². The van der Waals surface area contributed by atoms with Crippen LogP contribution in [0.1, 0.15) is 16.7 Å². The number of aromatic nitrogens is 3. The molecule has 0 unspecified atom stereocenters. The van der Waals surface area contributed by atoms with E-state index in [0.29, 0.717) is 0 Å². The summed E-state index contributed by atoms with van der Waals surface area (Å²) < 4.78 is 22.1. The molecule has 0 fully saturated rings. The van der Waals surface area contributed by atoms with Gasteiger partial charge in [-0.25, -0.2) is 0 Å². The van der Waals surface area contributed by atoms with Crippen molar-refractivity contribution >= 4 is 141 Å². The Morgan fingerprint density at radius 1 is 0.259 bits per heavy atom. The number of thiophene rings is 1. The molecule has 6 heteroatoms. The number of hydrogen-bond acceptors (Lipinski definition) is 3. The Morgan fingerprint density at radius 2 is 0.667 bits per heavy atom. The van der Waals surface area contributed by atoms with Crippen molar-refractivity contribution in [3.8, 4) is 17.1 Å². The highest BCUT2D eigenvalue weighted by Gasteiger charge is 2.19. The van der Waals surface area contributed by atoms with Gasteiger partial charge in [-0.15, -0.1) is 11.3 Å². The maximum absolute atomic E-state index is 6.31. The molecule has 5 nitrogen and oxygen atoms in total. The van der Waals surface area contributed by atoms with Gasteiger partial charge in [0.25, 0.3) is 0 Å². The summed E-state index contributed by atoms with van der Waals surface area (Å²) in [6, 6.07) is 90.9. The minimum atomic E-state index is 0.927. The molecule has 0 N–H and O–H groups in total. The first kappa shape index (κ1) is 46.9. The average Bonchev–Trinajstić information content (AvgIpc) is 4.48. The Morgan fingerprint density at radius 3 is 1.26 bits per heavy atom. The summed E-state index contributed by atoms with van der Waals surface area (Å²) >= 11 is 1.87. The molecule has 12 aromatic carbocycles. The predicted octanol–water partition coefficient (Wildman–Crippen LogP) is 21.4. The lowest BCUT2D eigenvalue weighted by molar-refractivity contribution is 0.666. The fraction of sp³-hybridized carbons (Fsp3) is 0.0400. The molecule has 384 valence electrons. The van der Waals surface area contributed by atoms with Crippen molar-refractivity contribution in [2.45, 2.75) is 20.8 Å². The van der Waals surface area contributed by atoms with Crippen LogP contribution in [0.2, 0.25) is 0 Å². The Bertz CT molecular complexity index is 5300. The molecule has 0 amide bonds. The third kappa shape index (κ3) is 7.52. The van der Waals surface area contributed by atoms with E-state index in [2.05, 4.69) is 265 Å². The van der Waals surface area contributed by atoms with Gasteiger partial charge in [0, 0.05) is 85.4 Å². The SMILES string of the molecule is Cc1ccc2c(c1)c1ccccc1n2-c1ccc2oc3ccccc3c2c1.Cc1ccc2c(c1)c1ccccc1n2-c1ccc2sc3ccccc3c2c1.Cc1ccc2c(c1)c1ccccc1n2-c1cccc2c1oc1ccccc12. The first-order valence-electron chi connectivity index (χ1n) is 27.6. The van der Waals surface area contributed by atoms with Crippen LogP contribution in [0.3, 0.4) is 0 Å². The van der Waals surface area contributed by atoms with Crippen molar-refractivity contribution in [1.29, 1.82) is 0 Å². The Kier molecular flexibility index (Phi) is 10.7. The lowest BCUT2D eigenvalue weighted by Crippen LogP contribution is -1.94. The molecule has 6 heterocycles. The van der Waals surface area contributed by atoms with Gasteiger partial charge in [0.15, 0.2) is 5.58 Å². The number of para-hydroxylation sites is 6. The average molecular weight is 1060 g/mol. The fourth-order valence-corrected chi connectivity index (χ4v) is 13.8. The molecule has 0 saturated carbocycles. The largest absolute Gasteiger partial charge is 0.456 e. The molecule has 0 radical (unpaired) electrons. The summed E-state index contributed by atoms with van der Waals surface area (Å²) in [6.07, 6.45) is 0. The quantitative estimate of drug-likeness (QED) is 0.177. The highest BCUT2D eigenvalue weighted by atomic mass is 32.1. The Hall–Kier alpha value is -10.1. The molecule has 0 aliphatic rings. The summed E-state index contributed by atoms with van der Waals surface area (Å²) in [4.78, 5) is 0. The molecule has 18 rings (SSSR count). The van der Waals surface area contributed by atoms with Gasteiger partial charge >= 0.3 is 0 Å². The van der Waals surface area contributed by atoms with E-state index >= 15 is 0 Å².